The molecule has 104 valence electrons. The molecule has 3 heteroatoms. The van der Waals surface area contributed by atoms with E-state index in [-0.39, 0.29) is 0 Å². The quantitative estimate of drug-likeness (QED) is 0.880. The Morgan fingerprint density at radius 1 is 0.895 bits per heavy atom. The molecule has 3 nitrogen and oxygen atoms in total. The predicted octanol–water partition coefficient (Wildman–Crippen LogP) is 1.34. The average molecular weight is 259 g/mol. The van der Waals surface area contributed by atoms with Crippen LogP contribution in [0.5, 0.6) is 0 Å². The molecular weight excluding hydrogens is 234 g/mol. The molecule has 3 rings (SSSR count). The summed E-state index contributed by atoms with van der Waals surface area (Å²) in [5.74, 6) is 0. The summed E-state index contributed by atoms with van der Waals surface area (Å²) in [6, 6.07) is 8.91. The second-order valence-corrected chi connectivity index (χ2v) is 5.74. The van der Waals surface area contributed by atoms with Gasteiger partial charge in [-0.25, -0.2) is 0 Å². The van der Waals surface area contributed by atoms with Crippen LogP contribution in [0.2, 0.25) is 0 Å². The van der Waals surface area contributed by atoms with Gasteiger partial charge in [-0.2, -0.15) is 0 Å². The maximum Gasteiger partial charge on any atom is 0.0236 e. The van der Waals surface area contributed by atoms with Crippen molar-refractivity contribution < 1.29 is 0 Å². The van der Waals surface area contributed by atoms with E-state index in [9.17, 15) is 0 Å². The third kappa shape index (κ3) is 3.56. The lowest BCUT2D eigenvalue weighted by Gasteiger charge is -2.31. The Kier molecular flexibility index (Phi) is 4.49. The van der Waals surface area contributed by atoms with Gasteiger partial charge in [0.1, 0.15) is 0 Å². The molecule has 0 radical (unpaired) electrons. The van der Waals surface area contributed by atoms with Gasteiger partial charge in [-0.3, -0.25) is 4.90 Å². The maximum atomic E-state index is 3.41. The minimum atomic E-state index is 1.15. The van der Waals surface area contributed by atoms with E-state index in [0.29, 0.717) is 0 Å². The molecule has 0 unspecified atom stereocenters. The van der Waals surface area contributed by atoms with E-state index < -0.39 is 0 Å². The van der Waals surface area contributed by atoms with Crippen molar-refractivity contribution in [3.63, 3.8) is 0 Å². The lowest BCUT2D eigenvalue weighted by molar-refractivity contribution is 0.202. The van der Waals surface area contributed by atoms with Gasteiger partial charge in [-0.05, 0) is 37.1 Å². The summed E-state index contributed by atoms with van der Waals surface area (Å²) in [4.78, 5) is 5.21. The van der Waals surface area contributed by atoms with Crippen molar-refractivity contribution in [1.82, 2.24) is 15.1 Å². The first-order chi connectivity index (χ1) is 9.42. The van der Waals surface area contributed by atoms with Crippen LogP contribution in [0.25, 0.3) is 0 Å². The van der Waals surface area contributed by atoms with Crippen molar-refractivity contribution in [1.29, 1.82) is 0 Å². The maximum absolute atomic E-state index is 3.41. The number of rotatable bonds is 4. The number of piperazine rings is 1. The third-order valence-electron chi connectivity index (χ3n) is 4.37. The summed E-state index contributed by atoms with van der Waals surface area (Å²) in [6.07, 6.45) is 2.53. The van der Waals surface area contributed by atoms with Gasteiger partial charge in [0, 0.05) is 39.3 Å². The van der Waals surface area contributed by atoms with E-state index in [1.165, 1.54) is 51.1 Å². The summed E-state index contributed by atoms with van der Waals surface area (Å²) < 4.78 is 0. The van der Waals surface area contributed by atoms with E-state index in [1.54, 1.807) is 5.56 Å². The van der Waals surface area contributed by atoms with Crippen molar-refractivity contribution in [3.8, 4) is 0 Å². The zero-order valence-corrected chi connectivity index (χ0v) is 11.8. The smallest absolute Gasteiger partial charge is 0.0236 e. The average Bonchev–Trinajstić information content (AvgIpc) is 2.48. The molecule has 1 aromatic rings. The highest BCUT2D eigenvalue weighted by molar-refractivity contribution is 5.28. The first-order valence-corrected chi connectivity index (χ1v) is 7.64. The van der Waals surface area contributed by atoms with Crippen LogP contribution < -0.4 is 5.32 Å². The molecule has 1 aromatic carbocycles. The number of benzene rings is 1. The summed E-state index contributed by atoms with van der Waals surface area (Å²) in [5, 5.41) is 3.41. The number of nitrogens with zero attached hydrogens (tertiary/aromatic N) is 2. The zero-order chi connectivity index (χ0) is 12.9. The minimum absolute atomic E-state index is 1.15. The van der Waals surface area contributed by atoms with Crippen LogP contribution in [-0.2, 0) is 13.0 Å². The largest absolute Gasteiger partial charge is 0.314 e. The van der Waals surface area contributed by atoms with Crippen LogP contribution in [-0.4, -0.2) is 55.6 Å². The van der Waals surface area contributed by atoms with Crippen molar-refractivity contribution in [2.45, 2.75) is 19.4 Å². The normalized spacial score (nSPS) is 21.3. The van der Waals surface area contributed by atoms with Crippen molar-refractivity contribution in [3.05, 3.63) is 35.4 Å². The van der Waals surface area contributed by atoms with E-state index in [2.05, 4.69) is 39.4 Å². The summed E-state index contributed by atoms with van der Waals surface area (Å²) >= 11 is 0. The molecule has 1 fully saturated rings. The van der Waals surface area contributed by atoms with Crippen LogP contribution in [0.15, 0.2) is 24.3 Å². The predicted molar refractivity (Wildman–Crippen MR) is 79.3 cm³/mol. The van der Waals surface area contributed by atoms with E-state index in [1.807, 2.05) is 0 Å². The van der Waals surface area contributed by atoms with Gasteiger partial charge in [0.15, 0.2) is 0 Å². The van der Waals surface area contributed by atoms with E-state index >= 15 is 0 Å². The van der Waals surface area contributed by atoms with Crippen molar-refractivity contribution >= 4 is 0 Å². The summed E-state index contributed by atoms with van der Waals surface area (Å²) in [5.41, 5.74) is 3.09. The zero-order valence-electron chi connectivity index (χ0n) is 11.8. The number of nitrogens with one attached hydrogen (secondary N) is 1. The van der Waals surface area contributed by atoms with Crippen molar-refractivity contribution in [2.75, 3.05) is 45.8 Å². The molecule has 0 atom stereocenters. The fraction of sp³-hybridized carbons (Fsp3) is 0.625. The molecule has 0 amide bonds. The Balaban J connectivity index is 1.42. The SMILES string of the molecule is c1ccc2c(c1)CCN(CCCN1CCNCC1)C2. The highest BCUT2D eigenvalue weighted by Crippen LogP contribution is 2.18. The van der Waals surface area contributed by atoms with Crippen LogP contribution in [0.1, 0.15) is 17.5 Å². The molecular formula is C16H25N3. The van der Waals surface area contributed by atoms with Gasteiger partial charge in [0.05, 0.1) is 0 Å². The molecule has 0 saturated carbocycles. The Bertz CT molecular complexity index is 399. The van der Waals surface area contributed by atoms with Crippen LogP contribution >= 0.6 is 0 Å². The van der Waals surface area contributed by atoms with Gasteiger partial charge < -0.3 is 10.2 Å². The molecule has 0 aromatic heterocycles. The molecule has 1 saturated heterocycles. The molecule has 2 heterocycles. The number of fused-ring (bicyclic) bond motifs is 1. The molecule has 19 heavy (non-hydrogen) atoms. The Labute approximate surface area is 116 Å². The van der Waals surface area contributed by atoms with Gasteiger partial charge in [-0.15, -0.1) is 0 Å². The minimum Gasteiger partial charge on any atom is -0.314 e. The fourth-order valence-electron chi connectivity index (χ4n) is 3.20. The molecule has 2 aliphatic heterocycles. The number of hydrogen-bond acceptors (Lipinski definition) is 3. The lowest BCUT2D eigenvalue weighted by Crippen LogP contribution is -2.44. The number of hydrogen-bond donors (Lipinski definition) is 1. The summed E-state index contributed by atoms with van der Waals surface area (Å²) in [6.45, 7) is 9.67. The Hall–Kier alpha value is -0.900. The first kappa shape index (κ1) is 13.1. The van der Waals surface area contributed by atoms with Crippen molar-refractivity contribution in [2.24, 2.45) is 0 Å². The highest BCUT2D eigenvalue weighted by Gasteiger charge is 2.15. The van der Waals surface area contributed by atoms with Gasteiger partial charge in [0.25, 0.3) is 0 Å². The highest BCUT2D eigenvalue weighted by atomic mass is 15.2. The molecule has 1 N–H and O–H groups in total. The van der Waals surface area contributed by atoms with Gasteiger partial charge in [0.2, 0.25) is 0 Å². The monoisotopic (exact) mass is 259 g/mol. The Morgan fingerprint density at radius 2 is 1.63 bits per heavy atom. The molecule has 0 aliphatic carbocycles. The topological polar surface area (TPSA) is 18.5 Å². The standard InChI is InChI=1S/C16H25N3/c1-2-5-16-14-19(11-6-15(16)4-1)10-3-9-18-12-7-17-8-13-18/h1-2,4-5,17H,3,6-14H2. The second-order valence-electron chi connectivity index (χ2n) is 5.74. The third-order valence-corrected chi connectivity index (χ3v) is 4.37. The van der Waals surface area contributed by atoms with E-state index in [0.717, 1.165) is 19.6 Å². The Morgan fingerprint density at radius 3 is 2.47 bits per heavy atom. The van der Waals surface area contributed by atoms with Crippen LogP contribution in [0.3, 0.4) is 0 Å². The fourth-order valence-corrected chi connectivity index (χ4v) is 3.20. The molecule has 2 aliphatic rings. The van der Waals surface area contributed by atoms with Crippen LogP contribution in [0, 0.1) is 0 Å². The molecule has 0 spiro atoms. The molecule has 0 bridgehead atoms. The summed E-state index contributed by atoms with van der Waals surface area (Å²) in [7, 11) is 0. The van der Waals surface area contributed by atoms with Crippen LogP contribution in [0.4, 0.5) is 0 Å². The lowest BCUT2D eigenvalue weighted by atomic mass is 10.00. The van der Waals surface area contributed by atoms with E-state index in [4.69, 9.17) is 0 Å². The van der Waals surface area contributed by atoms with Gasteiger partial charge >= 0.3 is 0 Å². The van der Waals surface area contributed by atoms with Gasteiger partial charge in [-0.1, -0.05) is 24.3 Å². The second kappa shape index (κ2) is 6.51. The first-order valence-electron chi connectivity index (χ1n) is 7.64.